The van der Waals surface area contributed by atoms with Gasteiger partial charge in [-0.2, -0.15) is 5.26 Å². The van der Waals surface area contributed by atoms with Gasteiger partial charge in [-0.15, -0.1) is 0 Å². The average molecular weight is 266 g/mol. The van der Waals surface area contributed by atoms with Crippen molar-refractivity contribution in [2.45, 2.75) is 0 Å². The summed E-state index contributed by atoms with van der Waals surface area (Å²) in [7, 11) is 3.62. The first-order chi connectivity index (χ1) is 9.63. The van der Waals surface area contributed by atoms with Gasteiger partial charge in [-0.05, 0) is 12.1 Å². The lowest BCUT2D eigenvalue weighted by atomic mass is 10.2. The summed E-state index contributed by atoms with van der Waals surface area (Å²) in [4.78, 5) is 11.5. The standard InChI is InChI=1S/C14H14N6/c1-19(2)9-17-12(8-15)13-14(16)20(10-18-13)11-6-4-3-5-7-11/h3-7,9-10,16H,1-2H3/b13-12+,16-14?,17-9?. The molecule has 0 bridgehead atoms. The molecule has 6 heteroatoms. The van der Waals surface area contributed by atoms with Gasteiger partial charge in [0.05, 0.1) is 6.34 Å². The Bertz CT molecular complexity index is 633. The van der Waals surface area contributed by atoms with Gasteiger partial charge in [-0.1, -0.05) is 18.2 Å². The van der Waals surface area contributed by atoms with E-state index in [4.69, 9.17) is 10.7 Å². The molecule has 0 fully saturated rings. The van der Waals surface area contributed by atoms with Crippen molar-refractivity contribution in [3.63, 3.8) is 0 Å². The smallest absolute Gasteiger partial charge is 0.171 e. The topological polar surface area (TPSA) is 78.8 Å². The molecule has 1 aliphatic rings. The maximum atomic E-state index is 9.14. The molecular weight excluding hydrogens is 252 g/mol. The van der Waals surface area contributed by atoms with Gasteiger partial charge in [0.1, 0.15) is 18.1 Å². The maximum Gasteiger partial charge on any atom is 0.171 e. The minimum Gasteiger partial charge on any atom is -0.369 e. The first kappa shape index (κ1) is 13.5. The lowest BCUT2D eigenvalue weighted by molar-refractivity contribution is 0.642. The normalized spacial score (nSPS) is 16.6. The minimum atomic E-state index is 0.124. The van der Waals surface area contributed by atoms with Crippen LogP contribution in [0.3, 0.4) is 0 Å². The zero-order chi connectivity index (χ0) is 14.5. The van der Waals surface area contributed by atoms with Crippen LogP contribution in [0.5, 0.6) is 0 Å². The van der Waals surface area contributed by atoms with Gasteiger partial charge in [0.2, 0.25) is 0 Å². The number of amidine groups is 1. The van der Waals surface area contributed by atoms with Crippen molar-refractivity contribution < 1.29 is 0 Å². The number of nitrogens with one attached hydrogen (secondary N) is 1. The van der Waals surface area contributed by atoms with E-state index >= 15 is 0 Å². The van der Waals surface area contributed by atoms with E-state index in [9.17, 15) is 0 Å². The third kappa shape index (κ3) is 2.72. The van der Waals surface area contributed by atoms with Gasteiger partial charge in [0.25, 0.3) is 0 Å². The number of nitrogens with zero attached hydrogens (tertiary/aromatic N) is 5. The predicted octanol–water partition coefficient (Wildman–Crippen LogP) is 1.84. The summed E-state index contributed by atoms with van der Waals surface area (Å²) in [5.41, 5.74) is 1.22. The Morgan fingerprint density at radius 1 is 1.40 bits per heavy atom. The highest BCUT2D eigenvalue weighted by Gasteiger charge is 2.23. The van der Waals surface area contributed by atoms with E-state index in [0.29, 0.717) is 0 Å². The Morgan fingerprint density at radius 2 is 2.10 bits per heavy atom. The third-order valence-corrected chi connectivity index (χ3v) is 2.55. The molecule has 1 heterocycles. The predicted molar refractivity (Wildman–Crippen MR) is 80.0 cm³/mol. The highest BCUT2D eigenvalue weighted by atomic mass is 15.3. The number of rotatable bonds is 3. The maximum absolute atomic E-state index is 9.14. The van der Waals surface area contributed by atoms with E-state index in [1.54, 1.807) is 9.80 Å². The monoisotopic (exact) mass is 266 g/mol. The minimum absolute atomic E-state index is 0.124. The molecule has 20 heavy (non-hydrogen) atoms. The van der Waals surface area contributed by atoms with Crippen molar-refractivity contribution in [1.82, 2.24) is 4.90 Å². The number of hydrogen-bond donors (Lipinski definition) is 1. The molecule has 1 aromatic carbocycles. The van der Waals surface area contributed by atoms with Crippen LogP contribution in [-0.4, -0.2) is 37.5 Å². The number of para-hydroxylation sites is 1. The number of aliphatic imine (C=N–C) groups is 2. The Labute approximate surface area is 117 Å². The summed E-state index contributed by atoms with van der Waals surface area (Å²) in [6.45, 7) is 0. The van der Waals surface area contributed by atoms with Crippen molar-refractivity contribution in [3.8, 4) is 6.07 Å². The molecule has 1 aromatic rings. The number of hydrogen-bond acceptors (Lipinski definition) is 4. The lowest BCUT2D eigenvalue weighted by Gasteiger charge is -2.14. The molecule has 100 valence electrons. The SMILES string of the molecule is CN(C)C=N/C(C#N)=C1/N=CN(c2ccccc2)C1=N. The fourth-order valence-electron chi connectivity index (χ4n) is 1.62. The molecule has 0 saturated heterocycles. The quantitative estimate of drug-likeness (QED) is 0.515. The van der Waals surface area contributed by atoms with Crippen LogP contribution in [0, 0.1) is 16.7 Å². The first-order valence-electron chi connectivity index (χ1n) is 5.96. The van der Waals surface area contributed by atoms with E-state index in [0.717, 1.165) is 5.69 Å². The second-order valence-corrected chi connectivity index (χ2v) is 4.32. The summed E-state index contributed by atoms with van der Waals surface area (Å²) in [5.74, 6) is 0.142. The second kappa shape index (κ2) is 5.80. The van der Waals surface area contributed by atoms with E-state index in [-0.39, 0.29) is 17.2 Å². The van der Waals surface area contributed by atoms with Crippen LogP contribution in [0.1, 0.15) is 0 Å². The Morgan fingerprint density at radius 3 is 2.70 bits per heavy atom. The molecule has 1 N–H and O–H groups in total. The largest absolute Gasteiger partial charge is 0.369 e. The van der Waals surface area contributed by atoms with Crippen molar-refractivity contribution in [2.75, 3.05) is 19.0 Å². The molecule has 0 saturated carbocycles. The highest BCUT2D eigenvalue weighted by Crippen LogP contribution is 2.22. The van der Waals surface area contributed by atoms with Crippen LogP contribution < -0.4 is 4.90 Å². The Hall–Kier alpha value is -2.94. The van der Waals surface area contributed by atoms with Crippen molar-refractivity contribution in [3.05, 3.63) is 41.7 Å². The molecule has 0 spiro atoms. The molecule has 0 atom stereocenters. The molecule has 0 radical (unpaired) electrons. The Kier molecular flexibility index (Phi) is 3.91. The number of benzene rings is 1. The number of allylic oxidation sites excluding steroid dienone is 1. The van der Waals surface area contributed by atoms with Crippen LogP contribution in [-0.2, 0) is 0 Å². The summed E-state index contributed by atoms with van der Waals surface area (Å²) in [6, 6.07) is 11.4. The molecular formula is C14H14N6. The van der Waals surface area contributed by atoms with Crippen molar-refractivity contribution in [1.29, 1.82) is 10.7 Å². The van der Waals surface area contributed by atoms with Gasteiger partial charge in [-0.25, -0.2) is 9.98 Å². The van der Waals surface area contributed by atoms with Crippen molar-refractivity contribution in [2.24, 2.45) is 9.98 Å². The number of anilines is 1. The summed E-state index contributed by atoms with van der Waals surface area (Å²) in [5, 5.41) is 17.3. The zero-order valence-electron chi connectivity index (χ0n) is 11.3. The van der Waals surface area contributed by atoms with Gasteiger partial charge < -0.3 is 4.90 Å². The van der Waals surface area contributed by atoms with E-state index in [2.05, 4.69) is 9.98 Å². The van der Waals surface area contributed by atoms with E-state index < -0.39 is 0 Å². The molecule has 0 aromatic heterocycles. The molecule has 1 aliphatic heterocycles. The summed E-state index contributed by atoms with van der Waals surface area (Å²) in [6.07, 6.45) is 3.04. The van der Waals surface area contributed by atoms with E-state index in [1.807, 2.05) is 50.5 Å². The molecule has 0 unspecified atom stereocenters. The van der Waals surface area contributed by atoms with Crippen molar-refractivity contribution >= 4 is 24.2 Å². The van der Waals surface area contributed by atoms with E-state index in [1.165, 1.54) is 12.7 Å². The van der Waals surface area contributed by atoms with Crippen LogP contribution >= 0.6 is 0 Å². The Balaban J connectivity index is 2.32. The molecule has 0 amide bonds. The third-order valence-electron chi connectivity index (χ3n) is 2.55. The van der Waals surface area contributed by atoms with Gasteiger partial charge in [0, 0.05) is 19.8 Å². The second-order valence-electron chi connectivity index (χ2n) is 4.32. The van der Waals surface area contributed by atoms with Crippen LogP contribution in [0.15, 0.2) is 51.7 Å². The molecule has 6 nitrogen and oxygen atoms in total. The van der Waals surface area contributed by atoms with Crippen LogP contribution in [0.25, 0.3) is 0 Å². The van der Waals surface area contributed by atoms with Gasteiger partial charge in [0.15, 0.2) is 11.5 Å². The fraction of sp³-hybridized carbons (Fsp3) is 0.143. The molecule has 2 rings (SSSR count). The zero-order valence-corrected chi connectivity index (χ0v) is 11.3. The van der Waals surface area contributed by atoms with Gasteiger partial charge in [-0.3, -0.25) is 10.3 Å². The lowest BCUT2D eigenvalue weighted by Crippen LogP contribution is -2.24. The van der Waals surface area contributed by atoms with Crippen LogP contribution in [0.2, 0.25) is 0 Å². The first-order valence-corrected chi connectivity index (χ1v) is 5.96. The summed E-state index contributed by atoms with van der Waals surface area (Å²) < 4.78 is 0. The average Bonchev–Trinajstić information content (AvgIpc) is 2.82. The number of nitriles is 1. The highest BCUT2D eigenvalue weighted by molar-refractivity contribution is 6.22. The van der Waals surface area contributed by atoms with Gasteiger partial charge >= 0.3 is 0 Å². The summed E-state index contributed by atoms with van der Waals surface area (Å²) >= 11 is 0. The van der Waals surface area contributed by atoms with Crippen LogP contribution in [0.4, 0.5) is 5.69 Å². The fourth-order valence-corrected chi connectivity index (χ4v) is 1.62. The molecule has 0 aliphatic carbocycles.